The van der Waals surface area contributed by atoms with Gasteiger partial charge < -0.3 is 21.2 Å². The van der Waals surface area contributed by atoms with Gasteiger partial charge in [-0.1, -0.05) is 36.8 Å². The molecule has 0 amide bonds. The summed E-state index contributed by atoms with van der Waals surface area (Å²) in [5.41, 5.74) is 17.9. The fourth-order valence-electron chi connectivity index (χ4n) is 4.71. The van der Waals surface area contributed by atoms with E-state index in [0.29, 0.717) is 35.2 Å². The van der Waals surface area contributed by atoms with Crippen LogP contribution < -0.4 is 16.2 Å². The van der Waals surface area contributed by atoms with Crippen LogP contribution in [0, 0.1) is 12.7 Å². The van der Waals surface area contributed by atoms with Crippen molar-refractivity contribution in [2.24, 2.45) is 0 Å². The van der Waals surface area contributed by atoms with Crippen LogP contribution >= 0.6 is 0 Å². The Bertz CT molecular complexity index is 1590. The number of aromatic nitrogens is 3. The van der Waals surface area contributed by atoms with E-state index in [1.165, 1.54) is 0 Å². The monoisotopic (exact) mass is 495 g/mol. The van der Waals surface area contributed by atoms with E-state index in [0.717, 1.165) is 39.6 Å². The number of fused-ring (bicyclic) bond motifs is 1. The molecule has 5 aromatic rings. The normalized spacial score (nSPS) is 12.1. The highest BCUT2D eigenvalue weighted by molar-refractivity contribution is 5.93. The molecule has 188 valence electrons. The molecule has 0 radical (unpaired) electrons. The molecular formula is C30H30FN5O. The van der Waals surface area contributed by atoms with Crippen LogP contribution in [0.5, 0.6) is 5.75 Å². The van der Waals surface area contributed by atoms with Gasteiger partial charge in [-0.25, -0.2) is 14.4 Å². The van der Waals surface area contributed by atoms with Gasteiger partial charge in [0, 0.05) is 28.4 Å². The first-order valence-electron chi connectivity index (χ1n) is 12.4. The van der Waals surface area contributed by atoms with E-state index in [1.807, 2.05) is 69.4 Å². The molecule has 0 aliphatic rings. The van der Waals surface area contributed by atoms with Gasteiger partial charge in [0.15, 0.2) is 11.6 Å². The SMILES string of the molecule is CCOc1cc(CC)cc(C(c2cc3cc(N)ccc3c(N)n2)c2nc(-c3cccc(C)c3)c[nH]2)c1F. The number of nitrogens with zero attached hydrogens (tertiary/aromatic N) is 2. The van der Waals surface area contributed by atoms with E-state index in [4.69, 9.17) is 26.2 Å². The number of H-pyrrole nitrogens is 1. The number of nitrogen functional groups attached to an aromatic ring is 2. The molecule has 6 nitrogen and oxygen atoms in total. The fraction of sp³-hybridized carbons (Fsp3) is 0.200. The summed E-state index contributed by atoms with van der Waals surface area (Å²) in [6.45, 7) is 6.26. The Labute approximate surface area is 215 Å². The molecular weight excluding hydrogens is 465 g/mol. The third-order valence-corrected chi connectivity index (χ3v) is 6.53. The van der Waals surface area contributed by atoms with E-state index in [2.05, 4.69) is 11.1 Å². The van der Waals surface area contributed by atoms with Gasteiger partial charge in [0.25, 0.3) is 0 Å². The summed E-state index contributed by atoms with van der Waals surface area (Å²) in [6, 6.07) is 19.1. The molecule has 7 heteroatoms. The average molecular weight is 496 g/mol. The molecule has 0 saturated carbocycles. The standard InChI is InChI=1S/C30H30FN5O/c1-4-18-12-23(28(31)26(13-18)37-5-2)27(24-15-20-14-21(32)9-10-22(20)29(33)35-24)30-34-16-25(36-30)19-8-6-7-17(3)11-19/h6-16,27H,4-5,32H2,1-3H3,(H2,33,35)(H,34,36). The van der Waals surface area contributed by atoms with E-state index in [9.17, 15) is 0 Å². The second kappa shape index (κ2) is 9.93. The molecule has 0 fully saturated rings. The molecule has 0 saturated heterocycles. The van der Waals surface area contributed by atoms with Gasteiger partial charge in [-0.3, -0.25) is 0 Å². The summed E-state index contributed by atoms with van der Waals surface area (Å²) < 4.78 is 21.7. The number of benzene rings is 3. The highest BCUT2D eigenvalue weighted by atomic mass is 19.1. The van der Waals surface area contributed by atoms with Crippen LogP contribution in [0.3, 0.4) is 0 Å². The van der Waals surface area contributed by atoms with Crippen LogP contribution in [-0.2, 0) is 6.42 Å². The zero-order valence-electron chi connectivity index (χ0n) is 21.2. The van der Waals surface area contributed by atoms with Crippen molar-refractivity contribution < 1.29 is 9.13 Å². The maximum atomic E-state index is 16.0. The second-order valence-electron chi connectivity index (χ2n) is 9.17. The molecule has 5 N–H and O–H groups in total. The smallest absolute Gasteiger partial charge is 0.169 e. The van der Waals surface area contributed by atoms with Gasteiger partial charge in [0.05, 0.1) is 23.9 Å². The van der Waals surface area contributed by atoms with Crippen LogP contribution in [0.1, 0.15) is 48.0 Å². The Kier molecular flexibility index (Phi) is 6.53. The molecule has 2 aromatic heterocycles. The van der Waals surface area contributed by atoms with Gasteiger partial charge in [-0.05, 0) is 67.6 Å². The number of aromatic amines is 1. The zero-order chi connectivity index (χ0) is 26.1. The first kappa shape index (κ1) is 24.3. The summed E-state index contributed by atoms with van der Waals surface area (Å²) in [4.78, 5) is 12.9. The molecule has 5 rings (SSSR count). The predicted octanol–water partition coefficient (Wildman–Crippen LogP) is 6.38. The van der Waals surface area contributed by atoms with Gasteiger partial charge in [-0.15, -0.1) is 0 Å². The third-order valence-electron chi connectivity index (χ3n) is 6.53. The quantitative estimate of drug-likeness (QED) is 0.227. The van der Waals surface area contributed by atoms with Crippen molar-refractivity contribution in [3.63, 3.8) is 0 Å². The Balaban J connectivity index is 1.75. The first-order chi connectivity index (χ1) is 17.9. The molecule has 3 aromatic carbocycles. The number of aryl methyl sites for hydroxylation is 2. The molecule has 1 atom stereocenters. The van der Waals surface area contributed by atoms with Gasteiger partial charge in [-0.2, -0.15) is 0 Å². The van der Waals surface area contributed by atoms with Crippen molar-refractivity contribution in [3.05, 3.63) is 101 Å². The summed E-state index contributed by atoms with van der Waals surface area (Å²) in [5.74, 6) is 0.0228. The van der Waals surface area contributed by atoms with E-state index >= 15 is 4.39 Å². The summed E-state index contributed by atoms with van der Waals surface area (Å²) in [7, 11) is 0. The summed E-state index contributed by atoms with van der Waals surface area (Å²) in [6.07, 6.45) is 2.56. The number of anilines is 2. The number of ether oxygens (including phenoxy) is 1. The minimum atomic E-state index is -0.655. The van der Waals surface area contributed by atoms with Crippen molar-refractivity contribution in [2.45, 2.75) is 33.1 Å². The summed E-state index contributed by atoms with van der Waals surface area (Å²) >= 11 is 0. The van der Waals surface area contributed by atoms with Gasteiger partial charge in [0.2, 0.25) is 0 Å². The molecule has 37 heavy (non-hydrogen) atoms. The van der Waals surface area contributed by atoms with Crippen molar-refractivity contribution >= 4 is 22.3 Å². The Hall–Kier alpha value is -4.39. The number of nitrogens with two attached hydrogens (primary N) is 2. The average Bonchev–Trinajstić information content (AvgIpc) is 3.36. The maximum Gasteiger partial charge on any atom is 0.169 e. The number of hydrogen-bond acceptors (Lipinski definition) is 5. The largest absolute Gasteiger partial charge is 0.491 e. The number of rotatable bonds is 7. The van der Waals surface area contributed by atoms with E-state index in [1.54, 1.807) is 12.1 Å². The van der Waals surface area contributed by atoms with Gasteiger partial charge >= 0.3 is 0 Å². The van der Waals surface area contributed by atoms with E-state index in [-0.39, 0.29) is 5.75 Å². The topological polar surface area (TPSA) is 103 Å². The Morgan fingerprint density at radius 2 is 1.84 bits per heavy atom. The van der Waals surface area contributed by atoms with Crippen molar-refractivity contribution in [2.75, 3.05) is 18.1 Å². The van der Waals surface area contributed by atoms with Crippen molar-refractivity contribution in [3.8, 4) is 17.0 Å². The number of pyridine rings is 1. The Morgan fingerprint density at radius 1 is 1.00 bits per heavy atom. The lowest BCUT2D eigenvalue weighted by Gasteiger charge is -2.20. The maximum absolute atomic E-state index is 16.0. The van der Waals surface area contributed by atoms with Crippen molar-refractivity contribution in [1.29, 1.82) is 0 Å². The lowest BCUT2D eigenvalue weighted by molar-refractivity contribution is 0.319. The zero-order valence-corrected chi connectivity index (χ0v) is 21.2. The van der Waals surface area contributed by atoms with Gasteiger partial charge in [0.1, 0.15) is 11.6 Å². The summed E-state index contributed by atoms with van der Waals surface area (Å²) in [5, 5.41) is 1.62. The predicted molar refractivity (Wildman–Crippen MR) is 147 cm³/mol. The molecule has 1 unspecified atom stereocenters. The first-order valence-corrected chi connectivity index (χ1v) is 12.4. The van der Waals surface area contributed by atoms with Crippen LogP contribution in [0.15, 0.2) is 66.9 Å². The van der Waals surface area contributed by atoms with Crippen molar-refractivity contribution in [1.82, 2.24) is 15.0 Å². The second-order valence-corrected chi connectivity index (χ2v) is 9.17. The van der Waals surface area contributed by atoms with Crippen LogP contribution in [-0.4, -0.2) is 21.6 Å². The third kappa shape index (κ3) is 4.72. The fourth-order valence-corrected chi connectivity index (χ4v) is 4.71. The molecule has 2 heterocycles. The highest BCUT2D eigenvalue weighted by Crippen LogP contribution is 2.38. The Morgan fingerprint density at radius 3 is 2.59 bits per heavy atom. The van der Waals surface area contributed by atoms with Crippen LogP contribution in [0.2, 0.25) is 0 Å². The number of halogens is 1. The molecule has 0 aliphatic heterocycles. The van der Waals surface area contributed by atoms with Crippen LogP contribution in [0.25, 0.3) is 22.0 Å². The lowest BCUT2D eigenvalue weighted by atomic mass is 9.90. The number of imidazole rings is 1. The minimum absolute atomic E-state index is 0.213. The highest BCUT2D eigenvalue weighted by Gasteiger charge is 2.28. The molecule has 0 bridgehead atoms. The number of hydrogen-bond donors (Lipinski definition) is 3. The minimum Gasteiger partial charge on any atom is -0.491 e. The van der Waals surface area contributed by atoms with E-state index < -0.39 is 11.7 Å². The molecule has 0 spiro atoms. The molecule has 0 aliphatic carbocycles. The lowest BCUT2D eigenvalue weighted by Crippen LogP contribution is -2.12. The van der Waals surface area contributed by atoms with Crippen LogP contribution in [0.4, 0.5) is 15.9 Å². The number of nitrogens with one attached hydrogen (secondary N) is 1.